The Labute approximate surface area is 135 Å². The van der Waals surface area contributed by atoms with Crippen LogP contribution in [-0.4, -0.2) is 36.4 Å². The second-order valence-electron chi connectivity index (χ2n) is 2.91. The van der Waals surface area contributed by atoms with Crippen molar-refractivity contribution in [1.82, 2.24) is 9.97 Å². The average Bonchev–Trinajstić information content (AvgIpc) is 2.42. The first-order valence-corrected chi connectivity index (χ1v) is 4.90. The van der Waals surface area contributed by atoms with Gasteiger partial charge in [0.05, 0.1) is 26.0 Å². The summed E-state index contributed by atoms with van der Waals surface area (Å²) < 4.78 is 9.45. The minimum absolute atomic E-state index is 0. The molecule has 7 nitrogen and oxygen atoms in total. The summed E-state index contributed by atoms with van der Waals surface area (Å²) in [5.74, 6) is -0.492. The molecular weight excluding hydrogens is 327 g/mol. The van der Waals surface area contributed by atoms with E-state index in [9.17, 15) is 4.79 Å². The number of aromatic nitrogens is 2. The zero-order valence-electron chi connectivity index (χ0n) is 10.8. The minimum Gasteiger partial charge on any atom is -0.503 e. The number of carbonyl (C=O) groups is 1. The molecule has 0 fully saturated rings. The van der Waals surface area contributed by atoms with Gasteiger partial charge in [0.25, 0.3) is 5.88 Å². The minimum atomic E-state index is -0.596. The van der Waals surface area contributed by atoms with Crippen molar-refractivity contribution in [3.63, 3.8) is 0 Å². The van der Waals surface area contributed by atoms with E-state index in [4.69, 9.17) is 9.57 Å². The second-order valence-corrected chi connectivity index (χ2v) is 2.91. The molecule has 0 aromatic carbocycles. The van der Waals surface area contributed by atoms with Gasteiger partial charge in [0, 0.05) is 38.9 Å². The van der Waals surface area contributed by atoms with E-state index < -0.39 is 5.97 Å². The average molecular weight is 339 g/mol. The van der Waals surface area contributed by atoms with Gasteiger partial charge in [0.15, 0.2) is 0 Å². The number of esters is 1. The molecule has 1 rings (SSSR count). The van der Waals surface area contributed by atoms with Crippen LogP contribution in [-0.2, 0) is 47.0 Å². The monoisotopic (exact) mass is 339 g/mol. The van der Waals surface area contributed by atoms with Crippen molar-refractivity contribution in [3.05, 3.63) is 24.3 Å². The van der Waals surface area contributed by atoms with Gasteiger partial charge in [-0.2, -0.15) is 11.9 Å². The van der Waals surface area contributed by atoms with Gasteiger partial charge in [0.2, 0.25) is 0 Å². The number of ether oxygens (including phenoxy) is 2. The number of rotatable bonds is 5. The summed E-state index contributed by atoms with van der Waals surface area (Å²) in [7, 11) is 2.67. The molecule has 8 heteroatoms. The van der Waals surface area contributed by atoms with Gasteiger partial charge in [-0.15, -0.1) is 0 Å². The normalized spacial score (nSPS) is 10.8. The van der Waals surface area contributed by atoms with E-state index in [1.54, 1.807) is 6.92 Å². The summed E-state index contributed by atoms with van der Waals surface area (Å²) in [5, 5.41) is 3.47. The first-order chi connectivity index (χ1) is 8.74. The summed E-state index contributed by atoms with van der Waals surface area (Å²) in [6, 6.07) is 0. The van der Waals surface area contributed by atoms with Crippen LogP contribution in [0.25, 0.3) is 5.57 Å². The van der Waals surface area contributed by atoms with Crippen LogP contribution in [0.5, 0.6) is 5.88 Å². The Kier molecular flexibility index (Phi) is 8.90. The Hall–Kier alpha value is -1.34. The zero-order valence-corrected chi connectivity index (χ0v) is 13.6. The molecule has 0 bridgehead atoms. The smallest absolute Gasteiger partial charge is 0.341 e. The van der Waals surface area contributed by atoms with E-state index in [0.717, 1.165) is 0 Å². The largest absolute Gasteiger partial charge is 0.503 e. The van der Waals surface area contributed by atoms with Crippen molar-refractivity contribution in [3.8, 4) is 5.88 Å². The number of hydrogen-bond donors (Lipinski definition) is 0. The van der Waals surface area contributed by atoms with Crippen LogP contribution < -0.4 is 4.84 Å². The first kappa shape index (κ1) is 17.7. The van der Waals surface area contributed by atoms with Gasteiger partial charge < -0.3 is 25.7 Å². The van der Waals surface area contributed by atoms with E-state index in [0.29, 0.717) is 5.56 Å². The van der Waals surface area contributed by atoms with Crippen LogP contribution in [0, 0.1) is 0 Å². The van der Waals surface area contributed by atoms with Crippen molar-refractivity contribution in [2.45, 2.75) is 6.92 Å². The predicted octanol–water partition coefficient (Wildman–Crippen LogP) is 0.896. The van der Waals surface area contributed by atoms with E-state index in [2.05, 4.69) is 26.1 Å². The molecule has 0 N–H and O–H groups in total. The molecule has 0 saturated heterocycles. The Morgan fingerprint density at radius 1 is 1.47 bits per heavy atom. The van der Waals surface area contributed by atoms with E-state index >= 15 is 0 Å². The number of nitrogens with zero attached hydrogens (tertiary/aromatic N) is 3. The molecule has 99 valence electrons. The van der Waals surface area contributed by atoms with Gasteiger partial charge in [-0.1, -0.05) is 0 Å². The third kappa shape index (κ3) is 5.04. The Morgan fingerprint density at radius 2 is 2.21 bits per heavy atom. The fourth-order valence-corrected chi connectivity index (χ4v) is 1.11. The third-order valence-corrected chi connectivity index (χ3v) is 1.83. The molecule has 0 saturated carbocycles. The van der Waals surface area contributed by atoms with Gasteiger partial charge in [-0.3, -0.25) is 0 Å². The van der Waals surface area contributed by atoms with Gasteiger partial charge in [-0.25, -0.2) is 9.78 Å². The maximum absolute atomic E-state index is 11.6. The SMILES string of the molecule is C[C-]=NOc1ncncc1/C(=C\OC)C(=O)OC.[Y]. The fraction of sp³-hybridized carbons (Fsp3) is 0.273. The van der Waals surface area contributed by atoms with Crippen molar-refractivity contribution >= 4 is 17.8 Å². The molecular formula is C11H12N3O4Y-. The number of carbonyl (C=O) groups excluding carboxylic acids is 1. The maximum atomic E-state index is 11.6. The standard InChI is InChI=1S/C11H12N3O4.Y/c1-4-14-18-10-8(5-12-7-13-10)9(6-16-2)11(15)17-3;/h5-7H,1-3H3;/q-1;/b9-6+;. The molecule has 1 aromatic heterocycles. The molecule has 0 unspecified atom stereocenters. The van der Waals surface area contributed by atoms with Crippen LogP contribution in [0.1, 0.15) is 12.5 Å². The molecule has 19 heavy (non-hydrogen) atoms. The Bertz CT molecular complexity index is 477. The quantitative estimate of drug-likeness (QED) is 0.198. The maximum Gasteiger partial charge on any atom is 0.341 e. The fourth-order valence-electron chi connectivity index (χ4n) is 1.11. The van der Waals surface area contributed by atoms with Crippen LogP contribution in [0.3, 0.4) is 0 Å². The van der Waals surface area contributed by atoms with Gasteiger partial charge in [-0.05, 0) is 0 Å². The summed E-state index contributed by atoms with van der Waals surface area (Å²) in [5.41, 5.74) is 0.437. The summed E-state index contributed by atoms with van der Waals surface area (Å²) >= 11 is 0. The van der Waals surface area contributed by atoms with Crippen LogP contribution in [0.4, 0.5) is 0 Å². The molecule has 0 atom stereocenters. The van der Waals surface area contributed by atoms with Gasteiger partial charge in [0.1, 0.15) is 11.9 Å². The summed E-state index contributed by atoms with van der Waals surface area (Å²) in [6.07, 6.45) is 6.32. The van der Waals surface area contributed by atoms with Crippen molar-refractivity contribution in [2.24, 2.45) is 5.16 Å². The molecule has 1 aromatic rings. The molecule has 0 aliphatic rings. The second kappa shape index (κ2) is 9.58. The van der Waals surface area contributed by atoms with Crippen molar-refractivity contribution in [1.29, 1.82) is 0 Å². The number of methoxy groups -OCH3 is 2. The van der Waals surface area contributed by atoms with E-state index in [1.807, 2.05) is 0 Å². The van der Waals surface area contributed by atoms with E-state index in [-0.39, 0.29) is 44.2 Å². The van der Waals surface area contributed by atoms with Crippen LogP contribution in [0.15, 0.2) is 23.9 Å². The molecule has 1 radical (unpaired) electrons. The zero-order chi connectivity index (χ0) is 13.4. The van der Waals surface area contributed by atoms with Crippen molar-refractivity contribution in [2.75, 3.05) is 14.2 Å². The number of hydrogen-bond acceptors (Lipinski definition) is 7. The summed E-state index contributed by atoms with van der Waals surface area (Å²) in [6.45, 7) is 1.56. The molecule has 0 aliphatic carbocycles. The first-order valence-electron chi connectivity index (χ1n) is 4.90. The molecule has 0 spiro atoms. The van der Waals surface area contributed by atoms with Crippen LogP contribution in [0.2, 0.25) is 0 Å². The Morgan fingerprint density at radius 3 is 2.79 bits per heavy atom. The van der Waals surface area contributed by atoms with E-state index in [1.165, 1.54) is 33.0 Å². The van der Waals surface area contributed by atoms with Crippen LogP contribution >= 0.6 is 0 Å². The summed E-state index contributed by atoms with van der Waals surface area (Å²) in [4.78, 5) is 24.2. The molecule has 0 amide bonds. The van der Waals surface area contributed by atoms with Crippen molar-refractivity contribution < 1.29 is 51.8 Å². The topological polar surface area (TPSA) is 82.9 Å². The van der Waals surface area contributed by atoms with Gasteiger partial charge >= 0.3 is 5.97 Å². The predicted molar refractivity (Wildman–Crippen MR) is 62.8 cm³/mol. The Balaban J connectivity index is 0.00000324. The third-order valence-electron chi connectivity index (χ3n) is 1.83. The molecule has 0 aliphatic heterocycles. The molecule has 1 heterocycles.